The van der Waals surface area contributed by atoms with Gasteiger partial charge in [0.2, 0.25) is 11.8 Å². The highest BCUT2D eigenvalue weighted by Crippen LogP contribution is 2.31. The van der Waals surface area contributed by atoms with Crippen molar-refractivity contribution in [2.45, 2.75) is 50.1 Å². The second-order valence-corrected chi connectivity index (χ2v) is 7.35. The van der Waals surface area contributed by atoms with Crippen molar-refractivity contribution in [2.24, 2.45) is 5.92 Å². The van der Waals surface area contributed by atoms with Crippen LogP contribution >= 0.6 is 11.8 Å². The number of rotatable bonds is 5. The molecule has 0 bridgehead atoms. The minimum Gasteiger partial charge on any atom is -0.352 e. The highest BCUT2D eigenvalue weighted by atomic mass is 32.2. The predicted octanol–water partition coefficient (Wildman–Crippen LogP) is 2.19. The molecule has 1 saturated carbocycles. The van der Waals surface area contributed by atoms with Gasteiger partial charge < -0.3 is 10.2 Å². The van der Waals surface area contributed by atoms with Crippen molar-refractivity contribution in [3.05, 3.63) is 0 Å². The van der Waals surface area contributed by atoms with Crippen molar-refractivity contribution in [1.29, 1.82) is 0 Å². The molecule has 1 aliphatic carbocycles. The lowest BCUT2D eigenvalue weighted by molar-refractivity contribution is -0.157. The van der Waals surface area contributed by atoms with E-state index >= 15 is 0 Å². The zero-order chi connectivity index (χ0) is 16.3. The number of hydrogen-bond donors (Lipinski definition) is 1. The summed E-state index contributed by atoms with van der Waals surface area (Å²) in [5.41, 5.74) is 0. The van der Waals surface area contributed by atoms with Gasteiger partial charge in [0.25, 0.3) is 0 Å². The minimum absolute atomic E-state index is 0.0734. The average molecular weight is 338 g/mol. The maximum atomic E-state index is 12.4. The van der Waals surface area contributed by atoms with E-state index in [4.69, 9.17) is 0 Å². The third kappa shape index (κ3) is 4.54. The molecule has 0 aromatic carbocycles. The summed E-state index contributed by atoms with van der Waals surface area (Å²) in [5, 5.41) is 3.31. The second kappa shape index (κ2) is 7.10. The first-order valence-corrected chi connectivity index (χ1v) is 8.61. The normalized spacial score (nSPS) is 29.2. The SMILES string of the molecule is CCSC1CCCC1NC(=O)C1CC(=O)N(CC(F)(F)F)C1. The molecule has 2 rings (SSSR count). The Hall–Kier alpha value is -0.920. The van der Waals surface area contributed by atoms with Gasteiger partial charge in [0.15, 0.2) is 0 Å². The standard InChI is InChI=1S/C14H21F3N2O2S/c1-2-22-11-5-3-4-10(11)18-13(21)9-6-12(20)19(7-9)8-14(15,16)17/h9-11H,2-8H2,1H3,(H,18,21). The van der Waals surface area contributed by atoms with Crippen molar-refractivity contribution in [3.63, 3.8) is 0 Å². The molecule has 126 valence electrons. The lowest BCUT2D eigenvalue weighted by atomic mass is 10.1. The van der Waals surface area contributed by atoms with Crippen LogP contribution in [0.3, 0.4) is 0 Å². The molecule has 1 aliphatic heterocycles. The summed E-state index contributed by atoms with van der Waals surface area (Å²) >= 11 is 1.80. The number of carbonyl (C=O) groups is 2. The smallest absolute Gasteiger partial charge is 0.352 e. The number of carbonyl (C=O) groups excluding carboxylic acids is 2. The number of nitrogens with zero attached hydrogens (tertiary/aromatic N) is 1. The summed E-state index contributed by atoms with van der Waals surface area (Å²) in [4.78, 5) is 24.6. The number of nitrogens with one attached hydrogen (secondary N) is 1. The molecule has 4 nitrogen and oxygen atoms in total. The van der Waals surface area contributed by atoms with Crippen LogP contribution in [-0.2, 0) is 9.59 Å². The van der Waals surface area contributed by atoms with Crippen molar-refractivity contribution >= 4 is 23.6 Å². The van der Waals surface area contributed by atoms with Gasteiger partial charge in [-0.05, 0) is 18.6 Å². The van der Waals surface area contributed by atoms with Crippen molar-refractivity contribution in [2.75, 3.05) is 18.8 Å². The van der Waals surface area contributed by atoms with Gasteiger partial charge in [0.1, 0.15) is 6.54 Å². The van der Waals surface area contributed by atoms with Gasteiger partial charge in [-0.2, -0.15) is 24.9 Å². The number of alkyl halides is 3. The number of halogens is 3. The molecule has 1 N–H and O–H groups in total. The zero-order valence-corrected chi connectivity index (χ0v) is 13.3. The van der Waals surface area contributed by atoms with Gasteiger partial charge >= 0.3 is 6.18 Å². The van der Waals surface area contributed by atoms with Gasteiger partial charge in [-0.1, -0.05) is 13.3 Å². The summed E-state index contributed by atoms with van der Waals surface area (Å²) in [7, 11) is 0. The van der Waals surface area contributed by atoms with Crippen LogP contribution in [0.25, 0.3) is 0 Å². The Morgan fingerprint density at radius 1 is 1.41 bits per heavy atom. The predicted molar refractivity (Wildman–Crippen MR) is 78.4 cm³/mol. The fourth-order valence-electron chi connectivity index (χ4n) is 3.12. The van der Waals surface area contributed by atoms with Gasteiger partial charge in [-0.15, -0.1) is 0 Å². The average Bonchev–Trinajstić information content (AvgIpc) is 2.97. The number of amides is 2. The second-order valence-electron chi connectivity index (χ2n) is 5.83. The fourth-order valence-corrected chi connectivity index (χ4v) is 4.32. The van der Waals surface area contributed by atoms with Crippen molar-refractivity contribution in [1.82, 2.24) is 10.2 Å². The molecular weight excluding hydrogens is 317 g/mol. The molecule has 3 unspecified atom stereocenters. The molecular formula is C14H21F3N2O2S. The van der Waals surface area contributed by atoms with Crippen molar-refractivity contribution < 1.29 is 22.8 Å². The highest BCUT2D eigenvalue weighted by molar-refractivity contribution is 7.99. The molecule has 2 fully saturated rings. The Kier molecular flexibility index (Phi) is 5.63. The molecule has 1 saturated heterocycles. The first-order valence-electron chi connectivity index (χ1n) is 7.56. The van der Waals surface area contributed by atoms with Crippen LogP contribution in [0.5, 0.6) is 0 Å². The van der Waals surface area contributed by atoms with E-state index in [2.05, 4.69) is 12.2 Å². The van der Waals surface area contributed by atoms with Crippen LogP contribution in [0.2, 0.25) is 0 Å². The minimum atomic E-state index is -4.42. The van der Waals surface area contributed by atoms with E-state index in [1.807, 2.05) is 0 Å². The summed E-state index contributed by atoms with van der Waals surface area (Å²) in [6.07, 6.45) is -1.55. The monoisotopic (exact) mass is 338 g/mol. The molecule has 22 heavy (non-hydrogen) atoms. The maximum Gasteiger partial charge on any atom is 0.406 e. The third-order valence-electron chi connectivity index (χ3n) is 4.12. The van der Waals surface area contributed by atoms with E-state index in [0.717, 1.165) is 29.9 Å². The van der Waals surface area contributed by atoms with Crippen LogP contribution in [0.1, 0.15) is 32.6 Å². The Morgan fingerprint density at radius 3 is 2.77 bits per heavy atom. The zero-order valence-electron chi connectivity index (χ0n) is 12.5. The van der Waals surface area contributed by atoms with Gasteiger partial charge in [0, 0.05) is 24.3 Å². The number of likely N-dealkylation sites (tertiary alicyclic amines) is 1. The molecule has 0 spiro atoms. The highest BCUT2D eigenvalue weighted by Gasteiger charge is 2.41. The fraction of sp³-hybridized carbons (Fsp3) is 0.857. The number of thioether (sulfide) groups is 1. The molecule has 0 aromatic heterocycles. The third-order valence-corrected chi connectivity index (χ3v) is 5.44. The van der Waals surface area contributed by atoms with E-state index in [9.17, 15) is 22.8 Å². The van der Waals surface area contributed by atoms with Crippen LogP contribution in [0, 0.1) is 5.92 Å². The van der Waals surface area contributed by atoms with E-state index < -0.39 is 24.5 Å². The molecule has 0 radical (unpaired) electrons. The van der Waals surface area contributed by atoms with Crippen LogP contribution in [0.15, 0.2) is 0 Å². The van der Waals surface area contributed by atoms with Gasteiger partial charge in [-0.3, -0.25) is 9.59 Å². The Bertz CT molecular complexity index is 431. The van der Waals surface area contributed by atoms with E-state index in [1.165, 1.54) is 0 Å². The Labute approximate surface area is 132 Å². The Morgan fingerprint density at radius 2 is 2.14 bits per heavy atom. The lowest BCUT2D eigenvalue weighted by Crippen LogP contribution is -2.43. The Balaban J connectivity index is 1.87. The summed E-state index contributed by atoms with van der Waals surface area (Å²) in [6.45, 7) is 0.655. The molecule has 2 aliphatic rings. The molecule has 0 aromatic rings. The summed E-state index contributed by atoms with van der Waals surface area (Å²) < 4.78 is 37.1. The van der Waals surface area contributed by atoms with Gasteiger partial charge in [-0.25, -0.2) is 0 Å². The van der Waals surface area contributed by atoms with Crippen LogP contribution in [0.4, 0.5) is 13.2 Å². The van der Waals surface area contributed by atoms with E-state index in [-0.39, 0.29) is 24.9 Å². The first kappa shape index (κ1) is 17.4. The first-order chi connectivity index (χ1) is 10.3. The summed E-state index contributed by atoms with van der Waals surface area (Å²) in [5.74, 6) is -0.573. The molecule has 1 heterocycles. The molecule has 3 atom stereocenters. The van der Waals surface area contributed by atoms with Crippen LogP contribution < -0.4 is 5.32 Å². The summed E-state index contributed by atoms with van der Waals surface area (Å²) in [6, 6.07) is 0.0734. The maximum absolute atomic E-state index is 12.4. The molecule has 8 heteroatoms. The largest absolute Gasteiger partial charge is 0.406 e. The van der Waals surface area contributed by atoms with E-state index in [1.54, 1.807) is 11.8 Å². The van der Waals surface area contributed by atoms with Gasteiger partial charge in [0.05, 0.1) is 5.92 Å². The topological polar surface area (TPSA) is 49.4 Å². The quantitative estimate of drug-likeness (QED) is 0.836. The van der Waals surface area contributed by atoms with Crippen LogP contribution in [-0.4, -0.2) is 53.0 Å². The lowest BCUT2D eigenvalue weighted by Gasteiger charge is -2.22. The van der Waals surface area contributed by atoms with E-state index in [0.29, 0.717) is 5.25 Å². The van der Waals surface area contributed by atoms with Crippen molar-refractivity contribution in [3.8, 4) is 0 Å². The number of hydrogen-bond acceptors (Lipinski definition) is 3. The molecule has 2 amide bonds.